The third-order valence-electron chi connectivity index (χ3n) is 1.70. The Bertz CT molecular complexity index is 202. The van der Waals surface area contributed by atoms with Crippen LogP contribution >= 0.6 is 0 Å². The average molecular weight is 201 g/mol. The molecule has 0 atom stereocenters. The summed E-state index contributed by atoms with van der Waals surface area (Å²) in [7, 11) is 1.68. The standard InChI is InChI=1S/C10H19NO3/c1-8(2)14-6-5-11(4)10(13)7-9(3)12/h8H,5-7H2,1-4H3. The van der Waals surface area contributed by atoms with E-state index in [4.69, 9.17) is 4.74 Å². The molecule has 0 unspecified atom stereocenters. The summed E-state index contributed by atoms with van der Waals surface area (Å²) in [6.45, 7) is 6.34. The van der Waals surface area contributed by atoms with Gasteiger partial charge < -0.3 is 9.64 Å². The second-order valence-electron chi connectivity index (χ2n) is 3.61. The van der Waals surface area contributed by atoms with Crippen LogP contribution in [0, 0.1) is 0 Å². The Morgan fingerprint density at radius 1 is 1.36 bits per heavy atom. The first-order valence-corrected chi connectivity index (χ1v) is 4.78. The van der Waals surface area contributed by atoms with Crippen molar-refractivity contribution < 1.29 is 14.3 Å². The van der Waals surface area contributed by atoms with Gasteiger partial charge in [0.2, 0.25) is 5.91 Å². The predicted molar refractivity (Wildman–Crippen MR) is 54.0 cm³/mol. The van der Waals surface area contributed by atoms with E-state index >= 15 is 0 Å². The molecule has 0 aromatic heterocycles. The minimum atomic E-state index is -0.148. The topological polar surface area (TPSA) is 46.6 Å². The maximum Gasteiger partial charge on any atom is 0.229 e. The van der Waals surface area contributed by atoms with Crippen molar-refractivity contribution in [1.82, 2.24) is 4.90 Å². The van der Waals surface area contributed by atoms with Crippen LogP contribution in [-0.2, 0) is 14.3 Å². The molecule has 0 aliphatic rings. The largest absolute Gasteiger partial charge is 0.377 e. The fourth-order valence-electron chi connectivity index (χ4n) is 0.898. The van der Waals surface area contributed by atoms with Crippen molar-refractivity contribution in [2.75, 3.05) is 20.2 Å². The summed E-state index contributed by atoms with van der Waals surface area (Å²) in [4.78, 5) is 23.5. The predicted octanol–water partition coefficient (Wildman–Crippen LogP) is 0.849. The van der Waals surface area contributed by atoms with Gasteiger partial charge >= 0.3 is 0 Å². The summed E-state index contributed by atoms with van der Waals surface area (Å²) in [5.41, 5.74) is 0. The van der Waals surface area contributed by atoms with Crippen LogP contribution in [0.4, 0.5) is 0 Å². The Labute approximate surface area is 85.2 Å². The van der Waals surface area contributed by atoms with Gasteiger partial charge in [-0.1, -0.05) is 0 Å². The van der Waals surface area contributed by atoms with Crippen LogP contribution in [0.15, 0.2) is 0 Å². The van der Waals surface area contributed by atoms with E-state index < -0.39 is 0 Å². The number of amides is 1. The van der Waals surface area contributed by atoms with Crippen LogP contribution in [-0.4, -0.2) is 42.9 Å². The molecule has 0 saturated heterocycles. The van der Waals surface area contributed by atoms with Crippen LogP contribution in [0.2, 0.25) is 0 Å². The van der Waals surface area contributed by atoms with Crippen molar-refractivity contribution in [3.63, 3.8) is 0 Å². The minimum Gasteiger partial charge on any atom is -0.377 e. The number of rotatable bonds is 6. The number of ether oxygens (including phenoxy) is 1. The molecule has 0 heterocycles. The molecular formula is C10H19NO3. The van der Waals surface area contributed by atoms with Crippen molar-refractivity contribution in [2.45, 2.75) is 33.3 Å². The monoisotopic (exact) mass is 201 g/mol. The van der Waals surface area contributed by atoms with Crippen LogP contribution < -0.4 is 0 Å². The molecule has 0 aromatic carbocycles. The van der Waals surface area contributed by atoms with Crippen LogP contribution in [0.5, 0.6) is 0 Å². The van der Waals surface area contributed by atoms with Gasteiger partial charge in [-0.15, -0.1) is 0 Å². The summed E-state index contributed by atoms with van der Waals surface area (Å²) in [6, 6.07) is 0. The molecule has 0 aromatic rings. The molecule has 4 heteroatoms. The summed E-state index contributed by atoms with van der Waals surface area (Å²) >= 11 is 0. The van der Waals surface area contributed by atoms with Gasteiger partial charge in [-0.05, 0) is 20.8 Å². The number of carbonyl (C=O) groups excluding carboxylic acids is 2. The molecule has 4 nitrogen and oxygen atoms in total. The highest BCUT2D eigenvalue weighted by Gasteiger charge is 2.10. The van der Waals surface area contributed by atoms with Gasteiger partial charge in [0.1, 0.15) is 5.78 Å². The van der Waals surface area contributed by atoms with Crippen molar-refractivity contribution in [1.29, 1.82) is 0 Å². The Morgan fingerprint density at radius 2 is 1.93 bits per heavy atom. The zero-order valence-electron chi connectivity index (χ0n) is 9.37. The van der Waals surface area contributed by atoms with Gasteiger partial charge in [-0.2, -0.15) is 0 Å². The number of Topliss-reactive ketones (excluding diaryl/α,β-unsaturated/α-hetero) is 1. The van der Waals surface area contributed by atoms with Gasteiger partial charge in [-0.25, -0.2) is 0 Å². The number of ketones is 1. The lowest BCUT2D eigenvalue weighted by atomic mass is 10.3. The number of nitrogens with zero attached hydrogens (tertiary/aromatic N) is 1. The Hall–Kier alpha value is -0.900. The zero-order chi connectivity index (χ0) is 11.1. The highest BCUT2D eigenvalue weighted by molar-refractivity contribution is 5.96. The molecule has 14 heavy (non-hydrogen) atoms. The quantitative estimate of drug-likeness (QED) is 0.598. The molecule has 0 bridgehead atoms. The Morgan fingerprint density at radius 3 is 2.36 bits per heavy atom. The van der Waals surface area contributed by atoms with E-state index in [-0.39, 0.29) is 24.2 Å². The van der Waals surface area contributed by atoms with Crippen molar-refractivity contribution in [2.24, 2.45) is 0 Å². The Kier molecular flexibility index (Phi) is 6.12. The molecule has 82 valence electrons. The second kappa shape index (κ2) is 6.54. The number of hydrogen-bond acceptors (Lipinski definition) is 3. The van der Waals surface area contributed by atoms with E-state index in [1.807, 2.05) is 13.8 Å². The first kappa shape index (κ1) is 13.1. The summed E-state index contributed by atoms with van der Waals surface area (Å²) in [5, 5.41) is 0. The van der Waals surface area contributed by atoms with E-state index in [2.05, 4.69) is 0 Å². The van der Waals surface area contributed by atoms with Crippen molar-refractivity contribution in [3.8, 4) is 0 Å². The molecule has 0 aliphatic carbocycles. The molecular weight excluding hydrogens is 182 g/mol. The number of carbonyl (C=O) groups is 2. The summed E-state index contributed by atoms with van der Waals surface area (Å²) in [5.74, 6) is -0.253. The molecule has 0 rings (SSSR count). The highest BCUT2D eigenvalue weighted by atomic mass is 16.5. The molecule has 0 aliphatic heterocycles. The lowest BCUT2D eigenvalue weighted by Gasteiger charge is -2.17. The molecule has 0 N–H and O–H groups in total. The van der Waals surface area contributed by atoms with Gasteiger partial charge in [0.25, 0.3) is 0 Å². The maximum absolute atomic E-state index is 11.3. The normalized spacial score (nSPS) is 10.4. The van der Waals surface area contributed by atoms with Crippen LogP contribution in [0.1, 0.15) is 27.2 Å². The van der Waals surface area contributed by atoms with E-state index in [9.17, 15) is 9.59 Å². The van der Waals surface area contributed by atoms with Crippen LogP contribution in [0.25, 0.3) is 0 Å². The first-order chi connectivity index (χ1) is 6.43. The van der Waals surface area contributed by atoms with Gasteiger partial charge in [0.05, 0.1) is 19.1 Å². The van der Waals surface area contributed by atoms with Gasteiger partial charge in [0.15, 0.2) is 0 Å². The Balaban J connectivity index is 3.67. The van der Waals surface area contributed by atoms with E-state index in [0.717, 1.165) is 0 Å². The number of likely N-dealkylation sites (N-methyl/N-ethyl adjacent to an activating group) is 1. The first-order valence-electron chi connectivity index (χ1n) is 4.78. The van der Waals surface area contributed by atoms with E-state index in [0.29, 0.717) is 13.2 Å². The SMILES string of the molecule is CC(=O)CC(=O)N(C)CCOC(C)C. The lowest BCUT2D eigenvalue weighted by molar-refractivity contribution is -0.134. The molecule has 0 radical (unpaired) electrons. The molecule has 0 spiro atoms. The number of hydrogen-bond donors (Lipinski definition) is 0. The molecule has 1 amide bonds. The third-order valence-corrected chi connectivity index (χ3v) is 1.70. The van der Waals surface area contributed by atoms with Crippen LogP contribution in [0.3, 0.4) is 0 Å². The molecule has 0 saturated carbocycles. The zero-order valence-corrected chi connectivity index (χ0v) is 9.37. The fraction of sp³-hybridized carbons (Fsp3) is 0.800. The lowest BCUT2D eigenvalue weighted by Crippen LogP contribution is -2.31. The van der Waals surface area contributed by atoms with E-state index in [1.54, 1.807) is 7.05 Å². The minimum absolute atomic E-state index is 0.0157. The highest BCUT2D eigenvalue weighted by Crippen LogP contribution is 1.93. The van der Waals surface area contributed by atoms with Crippen molar-refractivity contribution >= 4 is 11.7 Å². The molecule has 0 fully saturated rings. The third kappa shape index (κ3) is 6.60. The smallest absolute Gasteiger partial charge is 0.229 e. The maximum atomic E-state index is 11.3. The second-order valence-corrected chi connectivity index (χ2v) is 3.61. The van der Waals surface area contributed by atoms with E-state index in [1.165, 1.54) is 11.8 Å². The van der Waals surface area contributed by atoms with Crippen molar-refractivity contribution in [3.05, 3.63) is 0 Å². The average Bonchev–Trinajstić information content (AvgIpc) is 2.01. The summed E-state index contributed by atoms with van der Waals surface area (Å²) < 4.78 is 5.29. The summed E-state index contributed by atoms with van der Waals surface area (Å²) in [6.07, 6.45) is 0.157. The fourth-order valence-corrected chi connectivity index (χ4v) is 0.898. The van der Waals surface area contributed by atoms with Gasteiger partial charge in [-0.3, -0.25) is 9.59 Å². The van der Waals surface area contributed by atoms with Gasteiger partial charge in [0, 0.05) is 13.6 Å².